The first-order chi connectivity index (χ1) is 14.9. The number of nitrogens with zero attached hydrogens (tertiary/aromatic N) is 7. The van der Waals surface area contributed by atoms with E-state index in [0.29, 0.717) is 17.8 Å². The molecule has 0 amide bonds. The fourth-order valence-corrected chi connectivity index (χ4v) is 2.82. The topological polar surface area (TPSA) is 125 Å². The van der Waals surface area contributed by atoms with Crippen LogP contribution in [0.4, 0.5) is 5.82 Å². The van der Waals surface area contributed by atoms with Crippen LogP contribution in [0.25, 0.3) is 10.5 Å². The predicted octanol–water partition coefficient (Wildman–Crippen LogP) is 3.26. The van der Waals surface area contributed by atoms with Crippen molar-refractivity contribution in [2.45, 2.75) is 7.43 Å². The van der Waals surface area contributed by atoms with E-state index < -0.39 is 7.12 Å². The van der Waals surface area contributed by atoms with Crippen molar-refractivity contribution in [1.29, 1.82) is 5.26 Å². The molecule has 0 aliphatic carbocycles. The summed E-state index contributed by atoms with van der Waals surface area (Å²) >= 11 is 6.46. The summed E-state index contributed by atoms with van der Waals surface area (Å²) < 4.78 is 3.14. The molecule has 0 unspecified atom stereocenters. The summed E-state index contributed by atoms with van der Waals surface area (Å²) in [7, 11) is -1.44. The minimum absolute atomic E-state index is 0. The van der Waals surface area contributed by atoms with Gasteiger partial charge < -0.3 is 14.9 Å². The molecule has 162 valence electrons. The summed E-state index contributed by atoms with van der Waals surface area (Å²) in [6.07, 6.45) is 11.3. The second-order valence-electron chi connectivity index (χ2n) is 5.68. The molecule has 1 aliphatic heterocycles. The molecule has 0 saturated heterocycles. The van der Waals surface area contributed by atoms with E-state index in [1.165, 1.54) is 6.20 Å². The van der Waals surface area contributed by atoms with Crippen molar-refractivity contribution in [2.24, 2.45) is 4.99 Å². The van der Waals surface area contributed by atoms with Crippen LogP contribution >= 0.6 is 31.9 Å². The highest BCUT2D eigenvalue weighted by Gasteiger charge is 2.10. The number of aromatic nitrogens is 4. The van der Waals surface area contributed by atoms with Crippen LogP contribution in [-0.2, 0) is 0 Å². The van der Waals surface area contributed by atoms with Gasteiger partial charge in [0, 0.05) is 45.3 Å². The van der Waals surface area contributed by atoms with Crippen LogP contribution in [0.3, 0.4) is 0 Å². The number of hydrogen-bond acceptors (Lipinski definition) is 7. The Balaban J connectivity index is 0.000000251. The summed E-state index contributed by atoms with van der Waals surface area (Å²) in [6.45, 7) is 7.52. The van der Waals surface area contributed by atoms with Gasteiger partial charge in [-0.15, -0.1) is 5.10 Å². The molecule has 0 atom stereocenters. The fraction of sp³-hybridized carbons (Fsp3) is 0.100. The summed E-state index contributed by atoms with van der Waals surface area (Å²) in [4.78, 5) is 14.9. The summed E-state index contributed by atoms with van der Waals surface area (Å²) in [5.74, 6) is 0.477. The van der Waals surface area contributed by atoms with Crippen molar-refractivity contribution < 1.29 is 10.0 Å². The number of allylic oxidation sites excluding steroid dienone is 1. The van der Waals surface area contributed by atoms with Crippen LogP contribution in [0.2, 0.25) is 0 Å². The Bertz CT molecular complexity index is 1170. The van der Waals surface area contributed by atoms with E-state index in [0.717, 1.165) is 20.2 Å². The third-order valence-corrected chi connectivity index (χ3v) is 4.35. The SMILES string of the molecule is C.N#CC1=CC=NC1.OB(O)c1cncc(Br)c1.[C-]#[N+]c1ccnn1-c1cncc(Br)c1. The second-order valence-corrected chi connectivity index (χ2v) is 7.51. The highest BCUT2D eigenvalue weighted by molar-refractivity contribution is 9.10. The molecule has 4 rings (SSSR count). The average Bonchev–Trinajstić information content (AvgIpc) is 3.46. The standard InChI is InChI=1S/C9H5BrN4.C5H5BBrNO2.C5H4N2.CH4/c1-11-9-2-3-13-14(9)8-4-7(10)5-12-6-8;7-5-1-4(6(9)10)2-8-3-5;6-3-5-1-2-7-4-5;/h2-6H;1-3,9-10H;1-2H,4H2;1H4. The maximum absolute atomic E-state index is 8.64. The minimum atomic E-state index is -1.44. The number of nitriles is 1. The molecule has 3 aromatic rings. The van der Waals surface area contributed by atoms with E-state index in [4.69, 9.17) is 21.9 Å². The van der Waals surface area contributed by atoms with Gasteiger partial charge >= 0.3 is 7.12 Å². The van der Waals surface area contributed by atoms with Crippen molar-refractivity contribution in [2.75, 3.05) is 6.54 Å². The average molecular weight is 559 g/mol. The zero-order chi connectivity index (χ0) is 22.6. The molecule has 4 heterocycles. The highest BCUT2D eigenvalue weighted by atomic mass is 79.9. The van der Waals surface area contributed by atoms with Crippen molar-refractivity contribution in [3.05, 3.63) is 81.2 Å². The van der Waals surface area contributed by atoms with E-state index in [-0.39, 0.29) is 7.43 Å². The summed E-state index contributed by atoms with van der Waals surface area (Å²) in [5, 5.41) is 29.5. The molecule has 9 nitrogen and oxygen atoms in total. The van der Waals surface area contributed by atoms with Crippen LogP contribution in [0.15, 0.2) is 74.8 Å². The van der Waals surface area contributed by atoms with E-state index >= 15 is 0 Å². The van der Waals surface area contributed by atoms with E-state index in [2.05, 4.69) is 56.8 Å². The van der Waals surface area contributed by atoms with Crippen LogP contribution < -0.4 is 5.46 Å². The van der Waals surface area contributed by atoms with Gasteiger partial charge in [-0.25, -0.2) is 0 Å². The number of rotatable bonds is 2. The first-order valence-corrected chi connectivity index (χ1v) is 10.1. The van der Waals surface area contributed by atoms with Crippen molar-refractivity contribution >= 4 is 56.5 Å². The molecule has 0 fully saturated rings. The molecule has 2 N–H and O–H groups in total. The Morgan fingerprint density at radius 2 is 1.81 bits per heavy atom. The Kier molecular flexibility index (Phi) is 11.8. The zero-order valence-corrected chi connectivity index (χ0v) is 19.0. The third kappa shape index (κ3) is 8.53. The van der Waals surface area contributed by atoms with Crippen LogP contribution in [-0.4, -0.2) is 49.7 Å². The lowest BCUT2D eigenvalue weighted by molar-refractivity contribution is 0.425. The first-order valence-electron chi connectivity index (χ1n) is 8.52. The van der Waals surface area contributed by atoms with Gasteiger partial charge in [0.2, 0.25) is 0 Å². The third-order valence-electron chi connectivity index (χ3n) is 3.48. The molecule has 0 spiro atoms. The van der Waals surface area contributed by atoms with Crippen molar-refractivity contribution in [1.82, 2.24) is 19.7 Å². The molecule has 12 heteroatoms. The van der Waals surface area contributed by atoms with Gasteiger partial charge in [0.25, 0.3) is 5.82 Å². The quantitative estimate of drug-likeness (QED) is 0.367. The van der Waals surface area contributed by atoms with Gasteiger partial charge in [-0.3, -0.25) is 15.0 Å². The van der Waals surface area contributed by atoms with E-state index in [1.54, 1.807) is 53.9 Å². The van der Waals surface area contributed by atoms with Crippen molar-refractivity contribution in [3.8, 4) is 11.8 Å². The normalized spacial score (nSPS) is 10.8. The minimum Gasteiger partial charge on any atom is -0.423 e. The van der Waals surface area contributed by atoms with Gasteiger partial charge in [0.15, 0.2) is 5.69 Å². The summed E-state index contributed by atoms with van der Waals surface area (Å²) in [6, 6.07) is 7.11. The smallest absolute Gasteiger partial charge is 0.423 e. The Morgan fingerprint density at radius 1 is 1.12 bits per heavy atom. The maximum atomic E-state index is 8.64. The van der Waals surface area contributed by atoms with Gasteiger partial charge in [-0.05, 0) is 50.1 Å². The van der Waals surface area contributed by atoms with E-state index in [9.17, 15) is 0 Å². The molecule has 32 heavy (non-hydrogen) atoms. The molecular weight excluding hydrogens is 541 g/mol. The van der Waals surface area contributed by atoms with Gasteiger partial charge in [0.1, 0.15) is 0 Å². The Labute approximate surface area is 203 Å². The Hall–Kier alpha value is -3.16. The number of hydrogen-bond donors (Lipinski definition) is 2. The van der Waals surface area contributed by atoms with Gasteiger partial charge in [0.05, 0.1) is 30.6 Å². The molecular formula is C20H18BBr2N7O2. The molecule has 0 radical (unpaired) electrons. The Morgan fingerprint density at radius 3 is 2.28 bits per heavy atom. The van der Waals surface area contributed by atoms with E-state index in [1.807, 2.05) is 12.1 Å². The zero-order valence-electron chi connectivity index (χ0n) is 15.8. The fourth-order valence-electron chi connectivity index (χ4n) is 2.09. The first kappa shape index (κ1) is 26.9. The molecule has 0 saturated carbocycles. The highest BCUT2D eigenvalue weighted by Crippen LogP contribution is 2.19. The molecule has 0 bridgehead atoms. The monoisotopic (exact) mass is 557 g/mol. The van der Waals surface area contributed by atoms with Crippen LogP contribution in [0.5, 0.6) is 0 Å². The number of pyridine rings is 2. The van der Waals surface area contributed by atoms with Gasteiger partial charge in [-0.1, -0.05) is 14.0 Å². The van der Waals surface area contributed by atoms with Gasteiger partial charge in [-0.2, -0.15) is 9.94 Å². The lowest BCUT2D eigenvalue weighted by atomic mass is 9.82. The van der Waals surface area contributed by atoms with Crippen molar-refractivity contribution in [3.63, 3.8) is 0 Å². The number of halogens is 2. The van der Waals surface area contributed by atoms with Crippen LogP contribution in [0, 0.1) is 17.9 Å². The largest absolute Gasteiger partial charge is 0.490 e. The molecule has 0 aromatic carbocycles. The number of aliphatic imine (C=N–C) groups is 1. The lowest BCUT2D eigenvalue weighted by Crippen LogP contribution is -2.29. The maximum Gasteiger partial charge on any atom is 0.490 e. The molecule has 1 aliphatic rings. The second kappa shape index (κ2) is 14.0. The molecule has 3 aromatic heterocycles. The lowest BCUT2D eigenvalue weighted by Gasteiger charge is -1.98. The predicted molar refractivity (Wildman–Crippen MR) is 131 cm³/mol. The van der Waals surface area contributed by atoms with Crippen LogP contribution in [0.1, 0.15) is 7.43 Å². The summed E-state index contributed by atoms with van der Waals surface area (Å²) in [5.41, 5.74) is 1.91.